The highest BCUT2D eigenvalue weighted by atomic mass is 15.1. The average Bonchev–Trinajstić information content (AvgIpc) is 2.70. The van der Waals surface area contributed by atoms with Crippen LogP contribution in [0.5, 0.6) is 0 Å². The van der Waals surface area contributed by atoms with Crippen molar-refractivity contribution in [2.24, 2.45) is 0 Å². The number of rotatable bonds is 4. The van der Waals surface area contributed by atoms with Crippen molar-refractivity contribution in [3.05, 3.63) is 72.3 Å². The molecule has 1 fully saturated rings. The number of hydrogen-bond donors (Lipinski definition) is 0. The van der Waals surface area contributed by atoms with Crippen molar-refractivity contribution in [3.63, 3.8) is 0 Å². The second-order valence-corrected chi connectivity index (χ2v) is 6.88. The smallest absolute Gasteiger partial charge is 0.125 e. The van der Waals surface area contributed by atoms with Crippen LogP contribution in [-0.4, -0.2) is 37.9 Å². The Morgan fingerprint density at radius 3 is 2.54 bits per heavy atom. The zero-order valence-electron chi connectivity index (χ0n) is 15.0. The van der Waals surface area contributed by atoms with Crippen LogP contribution in [0.2, 0.25) is 0 Å². The minimum absolute atomic E-state index is 0.426. The van der Waals surface area contributed by atoms with Gasteiger partial charge in [-0.15, -0.1) is 0 Å². The van der Waals surface area contributed by atoms with Gasteiger partial charge in [-0.25, -0.2) is 9.97 Å². The summed E-state index contributed by atoms with van der Waals surface area (Å²) in [6.07, 6.45) is 11.7. The molecule has 1 unspecified atom stereocenters. The molecule has 4 rings (SSSR count). The van der Waals surface area contributed by atoms with E-state index >= 15 is 0 Å². The highest BCUT2D eigenvalue weighted by Crippen LogP contribution is 2.33. The summed E-state index contributed by atoms with van der Waals surface area (Å²) in [7, 11) is 0. The van der Waals surface area contributed by atoms with Gasteiger partial charge in [-0.2, -0.15) is 0 Å². The highest BCUT2D eigenvalue weighted by Gasteiger charge is 2.25. The second kappa shape index (κ2) is 7.70. The predicted octanol–water partition coefficient (Wildman–Crippen LogP) is 3.62. The van der Waals surface area contributed by atoms with Crippen LogP contribution in [0.3, 0.4) is 0 Å². The van der Waals surface area contributed by atoms with Gasteiger partial charge in [0.2, 0.25) is 0 Å². The molecule has 3 aromatic heterocycles. The molecule has 0 saturated carbocycles. The number of aryl methyl sites for hydroxylation is 1. The van der Waals surface area contributed by atoms with E-state index in [-0.39, 0.29) is 0 Å². The molecule has 5 heteroatoms. The number of pyridine rings is 2. The van der Waals surface area contributed by atoms with Crippen molar-refractivity contribution in [3.8, 4) is 11.1 Å². The maximum atomic E-state index is 4.85. The molecule has 0 spiro atoms. The summed E-state index contributed by atoms with van der Waals surface area (Å²) in [6.45, 7) is 5.09. The van der Waals surface area contributed by atoms with Gasteiger partial charge in [0.05, 0.1) is 5.69 Å². The SMILES string of the molecule is Cc1ncc(-c2ccncc2)c(C2CCCN(Cc3ccncc3)C2)n1. The van der Waals surface area contributed by atoms with Crippen LogP contribution in [0.15, 0.2) is 55.2 Å². The molecular formula is C21H23N5. The van der Waals surface area contributed by atoms with Gasteiger partial charge in [0.15, 0.2) is 0 Å². The first-order valence-corrected chi connectivity index (χ1v) is 9.15. The van der Waals surface area contributed by atoms with Gasteiger partial charge in [0.1, 0.15) is 5.82 Å². The zero-order valence-corrected chi connectivity index (χ0v) is 15.0. The van der Waals surface area contributed by atoms with Crippen molar-refractivity contribution in [2.45, 2.75) is 32.2 Å². The van der Waals surface area contributed by atoms with Crippen LogP contribution < -0.4 is 0 Å². The molecule has 1 atom stereocenters. The first-order chi connectivity index (χ1) is 12.8. The van der Waals surface area contributed by atoms with Gasteiger partial charge in [-0.05, 0) is 61.7 Å². The lowest BCUT2D eigenvalue weighted by Crippen LogP contribution is -2.34. The largest absolute Gasteiger partial charge is 0.298 e. The maximum Gasteiger partial charge on any atom is 0.125 e. The Hall–Kier alpha value is -2.66. The number of piperidine rings is 1. The number of aromatic nitrogens is 4. The van der Waals surface area contributed by atoms with E-state index in [4.69, 9.17) is 4.98 Å². The lowest BCUT2D eigenvalue weighted by Gasteiger charge is -2.33. The minimum Gasteiger partial charge on any atom is -0.298 e. The summed E-state index contributed by atoms with van der Waals surface area (Å²) >= 11 is 0. The van der Waals surface area contributed by atoms with E-state index in [0.29, 0.717) is 5.92 Å². The number of likely N-dealkylation sites (tertiary alicyclic amines) is 1. The third-order valence-corrected chi connectivity index (χ3v) is 4.98. The fourth-order valence-corrected chi connectivity index (χ4v) is 3.72. The number of nitrogens with zero attached hydrogens (tertiary/aromatic N) is 5. The monoisotopic (exact) mass is 345 g/mol. The molecule has 0 radical (unpaired) electrons. The van der Waals surface area contributed by atoms with Crippen LogP contribution in [0.1, 0.15) is 35.8 Å². The first-order valence-electron chi connectivity index (χ1n) is 9.15. The second-order valence-electron chi connectivity index (χ2n) is 6.88. The molecule has 26 heavy (non-hydrogen) atoms. The summed E-state index contributed by atoms with van der Waals surface area (Å²) in [6, 6.07) is 8.27. The van der Waals surface area contributed by atoms with Gasteiger partial charge in [0, 0.05) is 55.6 Å². The Labute approximate surface area is 154 Å². The molecule has 0 N–H and O–H groups in total. The number of hydrogen-bond acceptors (Lipinski definition) is 5. The van der Waals surface area contributed by atoms with E-state index < -0.39 is 0 Å². The van der Waals surface area contributed by atoms with Gasteiger partial charge in [-0.3, -0.25) is 14.9 Å². The van der Waals surface area contributed by atoms with Crippen molar-refractivity contribution >= 4 is 0 Å². The molecule has 0 aliphatic carbocycles. The van der Waals surface area contributed by atoms with Gasteiger partial charge in [0.25, 0.3) is 0 Å². The van der Waals surface area contributed by atoms with Crippen molar-refractivity contribution in [1.29, 1.82) is 0 Å². The van der Waals surface area contributed by atoms with Gasteiger partial charge >= 0.3 is 0 Å². The fourth-order valence-electron chi connectivity index (χ4n) is 3.72. The normalized spacial score (nSPS) is 18.0. The van der Waals surface area contributed by atoms with E-state index in [2.05, 4.69) is 32.0 Å². The summed E-state index contributed by atoms with van der Waals surface area (Å²) in [5.74, 6) is 1.26. The Balaban J connectivity index is 1.59. The molecule has 0 bridgehead atoms. The highest BCUT2D eigenvalue weighted by molar-refractivity contribution is 5.65. The molecule has 0 amide bonds. The first kappa shape index (κ1) is 16.8. The van der Waals surface area contributed by atoms with Crippen LogP contribution in [0.4, 0.5) is 0 Å². The van der Waals surface area contributed by atoms with Crippen LogP contribution >= 0.6 is 0 Å². The van der Waals surface area contributed by atoms with Gasteiger partial charge in [-0.1, -0.05) is 0 Å². The van der Waals surface area contributed by atoms with Gasteiger partial charge < -0.3 is 0 Å². The van der Waals surface area contributed by atoms with Crippen molar-refractivity contribution in [1.82, 2.24) is 24.8 Å². The zero-order chi connectivity index (χ0) is 17.8. The molecule has 1 aliphatic heterocycles. The molecule has 5 nitrogen and oxygen atoms in total. The standard InChI is InChI=1S/C21H23N5/c1-16-24-13-20(18-6-10-23-11-7-18)21(25-16)19-3-2-12-26(15-19)14-17-4-8-22-9-5-17/h4-11,13,19H,2-3,12,14-15H2,1H3. The third-order valence-electron chi connectivity index (χ3n) is 4.98. The fraction of sp³-hybridized carbons (Fsp3) is 0.333. The Bertz CT molecular complexity index is 851. The Morgan fingerprint density at radius 1 is 1.04 bits per heavy atom. The molecule has 1 aliphatic rings. The summed E-state index contributed by atoms with van der Waals surface area (Å²) in [4.78, 5) is 20.1. The quantitative estimate of drug-likeness (QED) is 0.723. The lowest BCUT2D eigenvalue weighted by molar-refractivity contribution is 0.198. The molecule has 4 heterocycles. The van der Waals surface area contributed by atoms with E-state index in [1.54, 1.807) is 0 Å². The molecule has 132 valence electrons. The van der Waals surface area contributed by atoms with Crippen LogP contribution in [-0.2, 0) is 6.54 Å². The average molecular weight is 345 g/mol. The predicted molar refractivity (Wildman–Crippen MR) is 101 cm³/mol. The summed E-state index contributed by atoms with van der Waals surface area (Å²) in [5, 5.41) is 0. The summed E-state index contributed by atoms with van der Waals surface area (Å²) in [5.41, 5.74) is 4.76. The Kier molecular flexibility index (Phi) is 4.97. The Morgan fingerprint density at radius 2 is 1.77 bits per heavy atom. The molecule has 1 saturated heterocycles. The van der Waals surface area contributed by atoms with Crippen molar-refractivity contribution < 1.29 is 0 Å². The van der Waals surface area contributed by atoms with E-state index in [1.807, 2.05) is 50.0 Å². The lowest BCUT2D eigenvalue weighted by atomic mass is 9.90. The van der Waals surface area contributed by atoms with Crippen molar-refractivity contribution in [2.75, 3.05) is 13.1 Å². The van der Waals surface area contributed by atoms with Crippen LogP contribution in [0, 0.1) is 6.92 Å². The minimum atomic E-state index is 0.426. The van der Waals surface area contributed by atoms with E-state index in [9.17, 15) is 0 Å². The third kappa shape index (κ3) is 3.78. The van der Waals surface area contributed by atoms with Crippen LogP contribution in [0.25, 0.3) is 11.1 Å². The topological polar surface area (TPSA) is 54.8 Å². The molecular weight excluding hydrogens is 322 g/mol. The van der Waals surface area contributed by atoms with E-state index in [0.717, 1.165) is 36.6 Å². The maximum absolute atomic E-state index is 4.85. The van der Waals surface area contributed by atoms with E-state index in [1.165, 1.54) is 24.1 Å². The molecule has 0 aromatic carbocycles. The summed E-state index contributed by atoms with van der Waals surface area (Å²) < 4.78 is 0. The molecule has 3 aromatic rings.